The third-order valence-corrected chi connectivity index (χ3v) is 7.36. The van der Waals surface area contributed by atoms with Gasteiger partial charge in [-0.25, -0.2) is 8.42 Å². The molecule has 7 nitrogen and oxygen atoms in total. The largest absolute Gasteiger partial charge is 0.352 e. The maximum atomic E-state index is 13.5. The second kappa shape index (κ2) is 12.4. The van der Waals surface area contributed by atoms with Gasteiger partial charge in [0.1, 0.15) is 12.6 Å². The SMILES string of the molecule is CCc1ccc(N(CC(=O)N(Cc2cccc(Br)c2)[C@H](C)C(=O)N[C@H](C)CC)S(C)(=O)=O)cc1. The second-order valence-electron chi connectivity index (χ2n) is 8.44. The summed E-state index contributed by atoms with van der Waals surface area (Å²) in [6.07, 6.45) is 2.65. The first-order chi connectivity index (χ1) is 16.0. The highest BCUT2D eigenvalue weighted by Gasteiger charge is 2.30. The van der Waals surface area contributed by atoms with E-state index in [1.54, 1.807) is 19.1 Å². The number of aryl methyl sites for hydroxylation is 1. The van der Waals surface area contributed by atoms with E-state index in [4.69, 9.17) is 0 Å². The van der Waals surface area contributed by atoms with E-state index in [9.17, 15) is 18.0 Å². The first-order valence-corrected chi connectivity index (χ1v) is 14.0. The maximum Gasteiger partial charge on any atom is 0.244 e. The van der Waals surface area contributed by atoms with Crippen LogP contribution in [0.2, 0.25) is 0 Å². The summed E-state index contributed by atoms with van der Waals surface area (Å²) >= 11 is 3.44. The molecule has 0 saturated carbocycles. The molecule has 1 N–H and O–H groups in total. The zero-order valence-corrected chi connectivity index (χ0v) is 22.8. The summed E-state index contributed by atoms with van der Waals surface area (Å²) in [4.78, 5) is 27.8. The molecule has 2 aromatic rings. The first-order valence-electron chi connectivity index (χ1n) is 11.4. The van der Waals surface area contributed by atoms with Gasteiger partial charge < -0.3 is 10.2 Å². The van der Waals surface area contributed by atoms with Crippen molar-refractivity contribution in [3.05, 3.63) is 64.1 Å². The van der Waals surface area contributed by atoms with Crippen molar-refractivity contribution in [2.45, 2.75) is 59.2 Å². The highest BCUT2D eigenvalue weighted by Crippen LogP contribution is 2.21. The Morgan fingerprint density at radius 3 is 2.21 bits per heavy atom. The lowest BCUT2D eigenvalue weighted by Gasteiger charge is -2.32. The summed E-state index contributed by atoms with van der Waals surface area (Å²) in [6, 6.07) is 13.7. The van der Waals surface area contributed by atoms with E-state index >= 15 is 0 Å². The van der Waals surface area contributed by atoms with Crippen molar-refractivity contribution in [2.24, 2.45) is 0 Å². The minimum atomic E-state index is -3.74. The number of anilines is 1. The molecular weight excluding hydrogens is 518 g/mol. The lowest BCUT2D eigenvalue weighted by Crippen LogP contribution is -2.52. The Balaban J connectivity index is 2.37. The van der Waals surface area contributed by atoms with Crippen LogP contribution in [0.1, 0.15) is 45.2 Å². The molecule has 0 fully saturated rings. The Morgan fingerprint density at radius 1 is 1.03 bits per heavy atom. The summed E-state index contributed by atoms with van der Waals surface area (Å²) in [5.41, 5.74) is 2.30. The predicted octanol–water partition coefficient (Wildman–Crippen LogP) is 4.11. The molecule has 0 aliphatic carbocycles. The van der Waals surface area contributed by atoms with Gasteiger partial charge in [0.2, 0.25) is 21.8 Å². The van der Waals surface area contributed by atoms with Gasteiger partial charge in [0.05, 0.1) is 11.9 Å². The van der Waals surface area contributed by atoms with E-state index in [2.05, 4.69) is 21.2 Å². The summed E-state index contributed by atoms with van der Waals surface area (Å²) in [5, 5.41) is 2.92. The van der Waals surface area contributed by atoms with Crippen LogP contribution in [0.5, 0.6) is 0 Å². The normalized spacial score (nSPS) is 13.1. The number of rotatable bonds is 11. The van der Waals surface area contributed by atoms with Gasteiger partial charge in [-0.1, -0.05) is 54.0 Å². The molecule has 2 rings (SSSR count). The van der Waals surface area contributed by atoms with Gasteiger partial charge in [-0.05, 0) is 62.1 Å². The summed E-state index contributed by atoms with van der Waals surface area (Å²) in [5.74, 6) is -0.743. The molecule has 0 aromatic heterocycles. The Hall–Kier alpha value is -2.39. The van der Waals surface area contributed by atoms with Gasteiger partial charge in [-0.2, -0.15) is 0 Å². The van der Waals surface area contributed by atoms with Crippen LogP contribution in [-0.2, 0) is 32.6 Å². The molecule has 0 aliphatic rings. The summed E-state index contributed by atoms with van der Waals surface area (Å²) in [6.45, 7) is 7.30. The topological polar surface area (TPSA) is 86.8 Å². The second-order valence-corrected chi connectivity index (χ2v) is 11.3. The van der Waals surface area contributed by atoms with Crippen molar-refractivity contribution in [1.29, 1.82) is 0 Å². The van der Waals surface area contributed by atoms with E-state index in [1.807, 2.05) is 57.2 Å². The summed E-state index contributed by atoms with van der Waals surface area (Å²) < 4.78 is 27.1. The standard InChI is InChI=1S/C25H34BrN3O4S/c1-6-18(3)27-25(31)19(4)28(16-21-9-8-10-22(26)15-21)24(30)17-29(34(5,32)33)23-13-11-20(7-2)12-14-23/h8-15,18-19H,6-7,16-17H2,1-5H3,(H,27,31)/t18-,19-/m1/s1. The van der Waals surface area contributed by atoms with Crippen molar-refractivity contribution in [2.75, 3.05) is 17.1 Å². The van der Waals surface area contributed by atoms with Crippen molar-refractivity contribution in [1.82, 2.24) is 10.2 Å². The minimum absolute atomic E-state index is 0.0395. The van der Waals surface area contributed by atoms with Crippen molar-refractivity contribution >= 4 is 43.5 Å². The molecule has 34 heavy (non-hydrogen) atoms. The highest BCUT2D eigenvalue weighted by molar-refractivity contribution is 9.10. The van der Waals surface area contributed by atoms with Gasteiger partial charge >= 0.3 is 0 Å². The van der Waals surface area contributed by atoms with Crippen LogP contribution in [0.15, 0.2) is 53.0 Å². The number of nitrogens with one attached hydrogen (secondary N) is 1. The molecule has 2 amide bonds. The maximum absolute atomic E-state index is 13.5. The van der Waals surface area contributed by atoms with Crippen molar-refractivity contribution in [3.63, 3.8) is 0 Å². The zero-order valence-electron chi connectivity index (χ0n) is 20.4. The van der Waals surface area contributed by atoms with Crippen LogP contribution in [-0.4, -0.2) is 50.0 Å². The quantitative estimate of drug-likeness (QED) is 0.455. The Morgan fingerprint density at radius 2 is 1.68 bits per heavy atom. The number of amides is 2. The van der Waals surface area contributed by atoms with Gasteiger partial charge in [0.25, 0.3) is 0 Å². The number of benzene rings is 2. The molecule has 2 aromatic carbocycles. The number of carbonyl (C=O) groups is 2. The Kier molecular flexibility index (Phi) is 10.1. The average molecular weight is 553 g/mol. The van der Waals surface area contributed by atoms with E-state index in [0.717, 1.165) is 39.0 Å². The predicted molar refractivity (Wildman–Crippen MR) is 140 cm³/mol. The number of hydrogen-bond acceptors (Lipinski definition) is 4. The van der Waals surface area contributed by atoms with Crippen LogP contribution in [0, 0.1) is 0 Å². The molecule has 2 atom stereocenters. The molecule has 0 spiro atoms. The molecular formula is C25H34BrN3O4S. The smallest absolute Gasteiger partial charge is 0.244 e. The van der Waals surface area contributed by atoms with E-state index in [1.165, 1.54) is 4.90 Å². The fraction of sp³-hybridized carbons (Fsp3) is 0.440. The molecule has 0 unspecified atom stereocenters. The molecule has 0 saturated heterocycles. The highest BCUT2D eigenvalue weighted by atomic mass is 79.9. The molecule has 0 aliphatic heterocycles. The van der Waals surface area contributed by atoms with Gasteiger partial charge in [0.15, 0.2) is 0 Å². The Labute approximate surface area is 211 Å². The van der Waals surface area contributed by atoms with Gasteiger partial charge in [-0.15, -0.1) is 0 Å². The molecule has 0 bridgehead atoms. The van der Waals surface area contributed by atoms with Crippen molar-refractivity contribution < 1.29 is 18.0 Å². The van der Waals surface area contributed by atoms with E-state index in [0.29, 0.717) is 5.69 Å². The first kappa shape index (κ1) is 27.9. The molecule has 0 heterocycles. The molecule has 0 radical (unpaired) electrons. The number of sulfonamides is 1. The number of nitrogens with zero attached hydrogens (tertiary/aromatic N) is 2. The summed E-state index contributed by atoms with van der Waals surface area (Å²) in [7, 11) is -3.74. The third-order valence-electron chi connectivity index (χ3n) is 5.72. The fourth-order valence-corrected chi connectivity index (χ4v) is 4.69. The molecule has 9 heteroatoms. The van der Waals surface area contributed by atoms with E-state index < -0.39 is 28.5 Å². The molecule has 186 valence electrons. The van der Waals surface area contributed by atoms with Crippen molar-refractivity contribution in [3.8, 4) is 0 Å². The minimum Gasteiger partial charge on any atom is -0.352 e. The zero-order chi connectivity index (χ0) is 25.5. The van der Waals surface area contributed by atoms with E-state index in [-0.39, 0.29) is 18.5 Å². The fourth-order valence-electron chi connectivity index (χ4n) is 3.39. The lowest BCUT2D eigenvalue weighted by molar-refractivity contribution is -0.139. The van der Waals surface area contributed by atoms with Crippen LogP contribution >= 0.6 is 15.9 Å². The van der Waals surface area contributed by atoms with Gasteiger partial charge in [0, 0.05) is 17.1 Å². The van der Waals surface area contributed by atoms with Crippen LogP contribution in [0.4, 0.5) is 5.69 Å². The monoisotopic (exact) mass is 551 g/mol. The Bertz CT molecular complexity index is 1090. The third kappa shape index (κ3) is 7.84. The van der Waals surface area contributed by atoms with Gasteiger partial charge in [-0.3, -0.25) is 13.9 Å². The van der Waals surface area contributed by atoms with Crippen LogP contribution in [0.25, 0.3) is 0 Å². The van der Waals surface area contributed by atoms with Crippen LogP contribution < -0.4 is 9.62 Å². The number of carbonyl (C=O) groups excluding carboxylic acids is 2. The lowest BCUT2D eigenvalue weighted by atomic mass is 10.1. The average Bonchev–Trinajstić information content (AvgIpc) is 2.79. The number of halogens is 1. The number of hydrogen-bond donors (Lipinski definition) is 1. The van der Waals surface area contributed by atoms with Crippen LogP contribution in [0.3, 0.4) is 0 Å².